The van der Waals surface area contributed by atoms with Crippen molar-refractivity contribution in [2.45, 2.75) is 27.7 Å². The van der Waals surface area contributed by atoms with Crippen LogP contribution in [0.1, 0.15) is 27.8 Å². The Kier molecular flexibility index (Phi) is 7.24. The monoisotopic (exact) mass is 506 g/mol. The molecule has 0 atom stereocenters. The molecule has 0 radical (unpaired) electrons. The fourth-order valence-electron chi connectivity index (χ4n) is 4.19. The summed E-state index contributed by atoms with van der Waals surface area (Å²) in [5.74, 6) is 0.845. The van der Waals surface area contributed by atoms with Crippen LogP contribution in [0.25, 0.3) is 6.08 Å². The standard InChI is InChI=1S/C28H27ClN2O3S/c1-16-7-17(2)10-22(9-16)30-28-31(23-11-18(3)8-19(4)12-23)27(32)25(35-28)14-20-13-21(29)15-24(33-5)26(20)34-6/h7-15H,1-6H3/b25-14+,30-28?. The molecule has 0 N–H and O–H groups in total. The molecule has 0 aromatic heterocycles. The average molecular weight is 507 g/mol. The van der Waals surface area contributed by atoms with E-state index in [1.165, 1.54) is 11.8 Å². The number of nitrogens with zero attached hydrogens (tertiary/aromatic N) is 2. The van der Waals surface area contributed by atoms with Crippen molar-refractivity contribution in [2.75, 3.05) is 19.1 Å². The molecule has 4 rings (SSSR count). The summed E-state index contributed by atoms with van der Waals surface area (Å²) in [6.07, 6.45) is 1.78. The molecular formula is C28H27ClN2O3S. The number of hydrogen-bond donors (Lipinski definition) is 0. The Morgan fingerprint density at radius 2 is 1.46 bits per heavy atom. The summed E-state index contributed by atoms with van der Waals surface area (Å²) in [6, 6.07) is 15.6. The molecule has 0 bridgehead atoms. The average Bonchev–Trinajstić information content (AvgIpc) is 3.06. The smallest absolute Gasteiger partial charge is 0.271 e. The van der Waals surface area contributed by atoms with Crippen LogP contribution in [0.15, 0.2) is 58.4 Å². The number of amidine groups is 1. The molecule has 5 nitrogen and oxygen atoms in total. The van der Waals surface area contributed by atoms with Gasteiger partial charge in [-0.15, -0.1) is 0 Å². The Morgan fingerprint density at radius 3 is 2.03 bits per heavy atom. The van der Waals surface area contributed by atoms with Crippen LogP contribution in [0.3, 0.4) is 0 Å². The highest BCUT2D eigenvalue weighted by molar-refractivity contribution is 8.19. The zero-order valence-corrected chi connectivity index (χ0v) is 22.2. The molecule has 1 saturated heterocycles. The first-order valence-electron chi connectivity index (χ1n) is 11.1. The molecule has 35 heavy (non-hydrogen) atoms. The molecule has 3 aromatic carbocycles. The van der Waals surface area contributed by atoms with Gasteiger partial charge in [0.1, 0.15) is 0 Å². The lowest BCUT2D eigenvalue weighted by Gasteiger charge is -2.17. The van der Waals surface area contributed by atoms with Gasteiger partial charge in [0.25, 0.3) is 5.91 Å². The topological polar surface area (TPSA) is 51.1 Å². The Hall–Kier alpha value is -3.22. The van der Waals surface area contributed by atoms with Gasteiger partial charge in [-0.05, 0) is 98.1 Å². The SMILES string of the molecule is COc1cc(Cl)cc(/C=C2/SC(=Nc3cc(C)cc(C)c3)N(c3cc(C)cc(C)c3)C2=O)c1OC. The lowest BCUT2D eigenvalue weighted by Crippen LogP contribution is -2.28. The van der Waals surface area contributed by atoms with Crippen LogP contribution < -0.4 is 14.4 Å². The van der Waals surface area contributed by atoms with Crippen molar-refractivity contribution in [3.05, 3.63) is 86.3 Å². The van der Waals surface area contributed by atoms with E-state index in [2.05, 4.69) is 12.1 Å². The third kappa shape index (κ3) is 5.39. The summed E-state index contributed by atoms with van der Waals surface area (Å²) in [7, 11) is 3.11. The van der Waals surface area contributed by atoms with E-state index in [1.807, 2.05) is 52.0 Å². The zero-order valence-electron chi connectivity index (χ0n) is 20.6. The molecular weight excluding hydrogens is 480 g/mol. The summed E-state index contributed by atoms with van der Waals surface area (Å²) in [4.78, 5) is 20.8. The second-order valence-electron chi connectivity index (χ2n) is 8.57. The van der Waals surface area contributed by atoms with Crippen molar-refractivity contribution in [1.29, 1.82) is 0 Å². The van der Waals surface area contributed by atoms with Crippen LogP contribution >= 0.6 is 23.4 Å². The van der Waals surface area contributed by atoms with E-state index in [-0.39, 0.29) is 5.91 Å². The number of aliphatic imine (C=N–C) groups is 1. The molecule has 0 unspecified atom stereocenters. The first kappa shape index (κ1) is 24.9. The molecule has 0 saturated carbocycles. The summed E-state index contributed by atoms with van der Waals surface area (Å²) in [5.41, 5.74) is 6.61. The summed E-state index contributed by atoms with van der Waals surface area (Å²) >= 11 is 7.64. The number of amides is 1. The first-order chi connectivity index (χ1) is 16.7. The number of carbonyl (C=O) groups is 1. The van der Waals surface area contributed by atoms with Gasteiger partial charge in [0.15, 0.2) is 16.7 Å². The number of aryl methyl sites for hydroxylation is 4. The Bertz CT molecular complexity index is 1340. The van der Waals surface area contributed by atoms with Crippen LogP contribution in [0.4, 0.5) is 11.4 Å². The number of rotatable bonds is 5. The minimum absolute atomic E-state index is 0.163. The highest BCUT2D eigenvalue weighted by Crippen LogP contribution is 2.41. The normalized spacial score (nSPS) is 15.9. The van der Waals surface area contributed by atoms with Gasteiger partial charge < -0.3 is 9.47 Å². The Balaban J connectivity index is 1.87. The third-order valence-electron chi connectivity index (χ3n) is 5.46. The van der Waals surface area contributed by atoms with E-state index in [0.29, 0.717) is 32.2 Å². The van der Waals surface area contributed by atoms with Crippen LogP contribution in [-0.4, -0.2) is 25.3 Å². The highest BCUT2D eigenvalue weighted by Gasteiger charge is 2.35. The number of thioether (sulfide) groups is 1. The largest absolute Gasteiger partial charge is 0.493 e. The van der Waals surface area contributed by atoms with Crippen molar-refractivity contribution in [1.82, 2.24) is 0 Å². The zero-order chi connectivity index (χ0) is 25.3. The summed E-state index contributed by atoms with van der Waals surface area (Å²) in [5, 5.41) is 1.07. The lowest BCUT2D eigenvalue weighted by molar-refractivity contribution is -0.113. The molecule has 1 amide bonds. The second-order valence-corrected chi connectivity index (χ2v) is 10.0. The van der Waals surface area contributed by atoms with Gasteiger partial charge in [-0.3, -0.25) is 9.69 Å². The number of methoxy groups -OCH3 is 2. The molecule has 1 heterocycles. The van der Waals surface area contributed by atoms with Crippen LogP contribution in [0.2, 0.25) is 5.02 Å². The molecule has 1 fully saturated rings. The first-order valence-corrected chi connectivity index (χ1v) is 12.3. The quantitative estimate of drug-likeness (QED) is 0.338. The number of benzene rings is 3. The minimum Gasteiger partial charge on any atom is -0.493 e. The molecule has 7 heteroatoms. The van der Waals surface area contributed by atoms with Crippen molar-refractivity contribution in [3.8, 4) is 11.5 Å². The molecule has 0 aliphatic carbocycles. The van der Waals surface area contributed by atoms with Gasteiger partial charge in [0.2, 0.25) is 0 Å². The van der Waals surface area contributed by atoms with Crippen molar-refractivity contribution in [2.24, 2.45) is 4.99 Å². The van der Waals surface area contributed by atoms with Gasteiger partial charge in [0.05, 0.1) is 30.5 Å². The number of hydrogen-bond acceptors (Lipinski definition) is 5. The lowest BCUT2D eigenvalue weighted by atomic mass is 10.1. The maximum absolute atomic E-state index is 13.8. The number of ether oxygens (including phenoxy) is 2. The molecule has 180 valence electrons. The van der Waals surface area contributed by atoms with Crippen LogP contribution in [-0.2, 0) is 4.79 Å². The van der Waals surface area contributed by atoms with Gasteiger partial charge in [0, 0.05) is 16.7 Å². The minimum atomic E-state index is -0.163. The molecule has 1 aliphatic rings. The molecule has 3 aromatic rings. The van der Waals surface area contributed by atoms with E-state index in [9.17, 15) is 4.79 Å². The van der Waals surface area contributed by atoms with Crippen LogP contribution in [0.5, 0.6) is 11.5 Å². The summed E-state index contributed by atoms with van der Waals surface area (Å²) in [6.45, 7) is 8.11. The number of carbonyl (C=O) groups excluding carboxylic acids is 1. The highest BCUT2D eigenvalue weighted by atomic mass is 35.5. The second kappa shape index (κ2) is 10.2. The van der Waals surface area contributed by atoms with E-state index in [0.717, 1.165) is 33.6 Å². The summed E-state index contributed by atoms with van der Waals surface area (Å²) < 4.78 is 11.0. The van der Waals surface area contributed by atoms with E-state index in [4.69, 9.17) is 26.1 Å². The van der Waals surface area contributed by atoms with Gasteiger partial charge in [-0.1, -0.05) is 23.7 Å². The van der Waals surface area contributed by atoms with Gasteiger partial charge in [-0.2, -0.15) is 0 Å². The fraction of sp³-hybridized carbons (Fsp3) is 0.214. The van der Waals surface area contributed by atoms with E-state index >= 15 is 0 Å². The van der Waals surface area contributed by atoms with Gasteiger partial charge in [-0.25, -0.2) is 4.99 Å². The van der Waals surface area contributed by atoms with Crippen molar-refractivity contribution in [3.63, 3.8) is 0 Å². The van der Waals surface area contributed by atoms with Crippen LogP contribution in [0, 0.1) is 27.7 Å². The third-order valence-corrected chi connectivity index (χ3v) is 6.65. The maximum atomic E-state index is 13.8. The number of anilines is 1. The van der Waals surface area contributed by atoms with E-state index < -0.39 is 0 Å². The van der Waals surface area contributed by atoms with E-state index in [1.54, 1.807) is 37.3 Å². The molecule has 0 spiro atoms. The fourth-order valence-corrected chi connectivity index (χ4v) is 5.40. The maximum Gasteiger partial charge on any atom is 0.271 e. The Labute approximate surface area is 215 Å². The predicted molar refractivity (Wildman–Crippen MR) is 147 cm³/mol. The molecule has 1 aliphatic heterocycles. The Morgan fingerprint density at radius 1 is 0.857 bits per heavy atom. The van der Waals surface area contributed by atoms with Crippen molar-refractivity contribution >= 4 is 51.9 Å². The van der Waals surface area contributed by atoms with Crippen molar-refractivity contribution < 1.29 is 14.3 Å². The predicted octanol–water partition coefficient (Wildman–Crippen LogP) is 7.40. The van der Waals surface area contributed by atoms with Gasteiger partial charge >= 0.3 is 0 Å². The number of halogens is 1.